The average molecular weight is 255 g/mol. The van der Waals surface area contributed by atoms with Crippen molar-refractivity contribution in [2.24, 2.45) is 0 Å². The van der Waals surface area contributed by atoms with Crippen LogP contribution in [0.15, 0.2) is 0 Å². The van der Waals surface area contributed by atoms with E-state index in [4.69, 9.17) is 14.6 Å². The van der Waals surface area contributed by atoms with Crippen molar-refractivity contribution >= 4 is 5.97 Å². The number of aromatic nitrogens is 3. The molecule has 1 aliphatic rings. The number of hydrogen-bond acceptors (Lipinski definition) is 5. The molecule has 100 valence electrons. The Kier molecular flexibility index (Phi) is 4.27. The predicted octanol–water partition coefficient (Wildman–Crippen LogP) is 0.403. The molecule has 7 heteroatoms. The normalized spacial score (nSPS) is 19.3. The van der Waals surface area contributed by atoms with Crippen LogP contribution in [0.4, 0.5) is 0 Å². The van der Waals surface area contributed by atoms with Crippen molar-refractivity contribution in [3.05, 3.63) is 11.6 Å². The van der Waals surface area contributed by atoms with Gasteiger partial charge < -0.3 is 14.6 Å². The van der Waals surface area contributed by atoms with E-state index in [0.717, 1.165) is 6.42 Å². The molecular weight excluding hydrogens is 238 g/mol. The third kappa shape index (κ3) is 3.05. The van der Waals surface area contributed by atoms with E-state index in [1.165, 1.54) is 4.68 Å². The van der Waals surface area contributed by atoms with Gasteiger partial charge in [0.1, 0.15) is 13.2 Å². The third-order valence-electron chi connectivity index (χ3n) is 2.78. The first-order chi connectivity index (χ1) is 8.70. The van der Waals surface area contributed by atoms with Crippen LogP contribution in [0, 0.1) is 0 Å². The highest BCUT2D eigenvalue weighted by Crippen LogP contribution is 2.22. The van der Waals surface area contributed by atoms with Crippen LogP contribution in [0.3, 0.4) is 0 Å². The van der Waals surface area contributed by atoms with Crippen LogP contribution < -0.4 is 0 Å². The standard InChI is InChI=1S/C11H17N3O4/c1-2-17-7-9-12-11(8-3-4-18-6-8)13-14(9)5-10(15)16/h8H,2-7H2,1H3,(H,15,16). The van der Waals surface area contributed by atoms with Crippen molar-refractivity contribution in [1.82, 2.24) is 14.8 Å². The topological polar surface area (TPSA) is 86.5 Å². The van der Waals surface area contributed by atoms with Crippen molar-refractivity contribution in [3.8, 4) is 0 Å². The van der Waals surface area contributed by atoms with Crippen LogP contribution >= 0.6 is 0 Å². The van der Waals surface area contributed by atoms with E-state index >= 15 is 0 Å². The summed E-state index contributed by atoms with van der Waals surface area (Å²) < 4.78 is 12.0. The molecule has 0 aromatic carbocycles. The van der Waals surface area contributed by atoms with E-state index in [2.05, 4.69) is 10.1 Å². The lowest BCUT2D eigenvalue weighted by molar-refractivity contribution is -0.138. The van der Waals surface area contributed by atoms with Gasteiger partial charge in [-0.3, -0.25) is 4.79 Å². The number of rotatable bonds is 6. The number of hydrogen-bond donors (Lipinski definition) is 1. The van der Waals surface area contributed by atoms with E-state index in [1.54, 1.807) is 0 Å². The van der Waals surface area contributed by atoms with Crippen molar-refractivity contribution in [2.75, 3.05) is 19.8 Å². The summed E-state index contributed by atoms with van der Waals surface area (Å²) in [6.45, 7) is 3.84. The molecule has 1 fully saturated rings. The molecule has 0 spiro atoms. The van der Waals surface area contributed by atoms with Crippen LogP contribution in [0.1, 0.15) is 30.9 Å². The van der Waals surface area contributed by atoms with E-state index in [9.17, 15) is 4.79 Å². The summed E-state index contributed by atoms with van der Waals surface area (Å²) in [4.78, 5) is 15.1. The van der Waals surface area contributed by atoms with Gasteiger partial charge in [-0.15, -0.1) is 0 Å². The van der Waals surface area contributed by atoms with Crippen LogP contribution in [0.25, 0.3) is 0 Å². The number of nitrogens with zero attached hydrogens (tertiary/aromatic N) is 3. The van der Waals surface area contributed by atoms with Gasteiger partial charge in [-0.1, -0.05) is 0 Å². The fourth-order valence-corrected chi connectivity index (χ4v) is 1.86. The molecule has 2 rings (SSSR count). The lowest BCUT2D eigenvalue weighted by Crippen LogP contribution is -2.14. The molecule has 0 amide bonds. The Balaban J connectivity index is 2.15. The second-order valence-corrected chi connectivity index (χ2v) is 4.14. The average Bonchev–Trinajstić information content (AvgIpc) is 2.94. The van der Waals surface area contributed by atoms with Gasteiger partial charge in [0.2, 0.25) is 0 Å². The molecule has 0 bridgehead atoms. The third-order valence-corrected chi connectivity index (χ3v) is 2.78. The van der Waals surface area contributed by atoms with Gasteiger partial charge in [-0.2, -0.15) is 5.10 Å². The lowest BCUT2D eigenvalue weighted by atomic mass is 10.1. The molecule has 18 heavy (non-hydrogen) atoms. The van der Waals surface area contributed by atoms with Gasteiger partial charge in [0, 0.05) is 19.1 Å². The van der Waals surface area contributed by atoms with Gasteiger partial charge in [0.05, 0.1) is 6.61 Å². The molecule has 0 saturated carbocycles. The molecule has 1 atom stereocenters. The maximum atomic E-state index is 10.8. The minimum Gasteiger partial charge on any atom is -0.480 e. The number of carbonyl (C=O) groups is 1. The summed E-state index contributed by atoms with van der Waals surface area (Å²) >= 11 is 0. The molecule has 7 nitrogen and oxygen atoms in total. The van der Waals surface area contributed by atoms with E-state index < -0.39 is 5.97 Å². The fourth-order valence-electron chi connectivity index (χ4n) is 1.86. The van der Waals surface area contributed by atoms with E-state index in [0.29, 0.717) is 31.5 Å². The number of carboxylic acid groups (broad SMARTS) is 1. The van der Waals surface area contributed by atoms with E-state index in [1.807, 2.05) is 6.92 Å². The zero-order valence-corrected chi connectivity index (χ0v) is 10.3. The van der Waals surface area contributed by atoms with Gasteiger partial charge in [-0.25, -0.2) is 9.67 Å². The molecule has 1 aliphatic heterocycles. The number of ether oxygens (including phenoxy) is 2. The summed E-state index contributed by atoms with van der Waals surface area (Å²) in [6.07, 6.45) is 0.880. The van der Waals surface area contributed by atoms with E-state index in [-0.39, 0.29) is 19.1 Å². The van der Waals surface area contributed by atoms with Gasteiger partial charge in [0.15, 0.2) is 11.6 Å². The molecule has 1 aromatic heterocycles. The molecule has 2 heterocycles. The van der Waals surface area contributed by atoms with Crippen molar-refractivity contribution in [3.63, 3.8) is 0 Å². The highest BCUT2D eigenvalue weighted by Gasteiger charge is 2.24. The zero-order chi connectivity index (χ0) is 13.0. The van der Waals surface area contributed by atoms with Crippen LogP contribution in [0.2, 0.25) is 0 Å². The van der Waals surface area contributed by atoms with Crippen LogP contribution in [0.5, 0.6) is 0 Å². The second-order valence-electron chi connectivity index (χ2n) is 4.14. The zero-order valence-electron chi connectivity index (χ0n) is 10.3. The molecule has 1 unspecified atom stereocenters. The Bertz CT molecular complexity index is 412. The second kappa shape index (κ2) is 5.92. The molecular formula is C11H17N3O4. The molecule has 1 aromatic rings. The first kappa shape index (κ1) is 13.0. The minimum absolute atomic E-state index is 0.167. The van der Waals surface area contributed by atoms with Crippen LogP contribution in [-0.2, 0) is 27.4 Å². The summed E-state index contributed by atoms with van der Waals surface area (Å²) in [6, 6.07) is 0. The molecule has 0 aliphatic carbocycles. The number of aliphatic carboxylic acids is 1. The first-order valence-corrected chi connectivity index (χ1v) is 6.01. The summed E-state index contributed by atoms with van der Waals surface area (Å²) in [5.74, 6) is 0.442. The highest BCUT2D eigenvalue weighted by molar-refractivity contribution is 5.66. The van der Waals surface area contributed by atoms with Crippen molar-refractivity contribution in [2.45, 2.75) is 32.4 Å². The summed E-state index contributed by atoms with van der Waals surface area (Å²) in [7, 11) is 0. The monoisotopic (exact) mass is 255 g/mol. The van der Waals surface area contributed by atoms with Gasteiger partial charge in [0.25, 0.3) is 0 Å². The fraction of sp³-hybridized carbons (Fsp3) is 0.727. The number of carboxylic acids is 1. The summed E-state index contributed by atoms with van der Waals surface area (Å²) in [5.41, 5.74) is 0. The largest absolute Gasteiger partial charge is 0.480 e. The van der Waals surface area contributed by atoms with Gasteiger partial charge in [-0.05, 0) is 13.3 Å². The molecule has 0 radical (unpaired) electrons. The van der Waals surface area contributed by atoms with Crippen LogP contribution in [-0.4, -0.2) is 45.7 Å². The minimum atomic E-state index is -0.938. The Labute approximate surface area is 105 Å². The smallest absolute Gasteiger partial charge is 0.325 e. The summed E-state index contributed by atoms with van der Waals surface area (Å²) in [5, 5.41) is 13.1. The van der Waals surface area contributed by atoms with Gasteiger partial charge >= 0.3 is 5.97 Å². The van der Waals surface area contributed by atoms with Crippen molar-refractivity contribution < 1.29 is 19.4 Å². The Morgan fingerprint density at radius 2 is 2.50 bits per heavy atom. The molecule has 1 saturated heterocycles. The Hall–Kier alpha value is -1.47. The van der Waals surface area contributed by atoms with Crippen molar-refractivity contribution in [1.29, 1.82) is 0 Å². The quantitative estimate of drug-likeness (QED) is 0.792. The maximum absolute atomic E-state index is 10.8. The Morgan fingerprint density at radius 1 is 1.67 bits per heavy atom. The first-order valence-electron chi connectivity index (χ1n) is 6.01. The predicted molar refractivity (Wildman–Crippen MR) is 61.2 cm³/mol. The highest BCUT2D eigenvalue weighted by atomic mass is 16.5. The lowest BCUT2D eigenvalue weighted by Gasteiger charge is -2.02. The molecule has 1 N–H and O–H groups in total. The Morgan fingerprint density at radius 3 is 3.11 bits per heavy atom. The SMILES string of the molecule is CCOCc1nc(C2CCOC2)nn1CC(=O)O. The maximum Gasteiger partial charge on any atom is 0.325 e.